The van der Waals surface area contributed by atoms with Gasteiger partial charge in [-0.25, -0.2) is 0 Å². The second-order valence-electron chi connectivity index (χ2n) is 6.14. The zero-order valence-electron chi connectivity index (χ0n) is 14.4. The Balaban J connectivity index is 1.47. The van der Waals surface area contributed by atoms with Gasteiger partial charge in [0.2, 0.25) is 0 Å². The largest absolute Gasteiger partial charge is 0.364 e. The van der Waals surface area contributed by atoms with E-state index in [1.54, 1.807) is 6.26 Å². The summed E-state index contributed by atoms with van der Waals surface area (Å²) in [6.07, 6.45) is 1.63. The van der Waals surface area contributed by atoms with Crippen molar-refractivity contribution in [3.63, 3.8) is 0 Å². The van der Waals surface area contributed by atoms with E-state index in [4.69, 9.17) is 4.52 Å². The SMILES string of the molecule is CN=C(NCc1ccc(C)cc1)N1CCN(Cc2ccon2)CC1. The number of nitrogens with zero attached hydrogens (tertiary/aromatic N) is 4. The lowest BCUT2D eigenvalue weighted by atomic mass is 10.1. The van der Waals surface area contributed by atoms with Crippen molar-refractivity contribution in [3.8, 4) is 0 Å². The molecular formula is C18H25N5O. The van der Waals surface area contributed by atoms with Crippen molar-refractivity contribution < 1.29 is 4.52 Å². The van der Waals surface area contributed by atoms with Crippen LogP contribution in [0.2, 0.25) is 0 Å². The number of piperazine rings is 1. The molecule has 0 bridgehead atoms. The molecule has 6 nitrogen and oxygen atoms in total. The van der Waals surface area contributed by atoms with Crippen LogP contribution in [0.15, 0.2) is 46.1 Å². The maximum absolute atomic E-state index is 4.90. The Kier molecular flexibility index (Phi) is 5.48. The minimum Gasteiger partial charge on any atom is -0.364 e. The van der Waals surface area contributed by atoms with Crippen LogP contribution in [0.5, 0.6) is 0 Å². The summed E-state index contributed by atoms with van der Waals surface area (Å²) in [5.74, 6) is 0.969. The minimum atomic E-state index is 0.798. The zero-order chi connectivity index (χ0) is 16.8. The number of hydrogen-bond donors (Lipinski definition) is 1. The molecule has 1 aliphatic heterocycles. The molecule has 1 saturated heterocycles. The summed E-state index contributed by atoms with van der Waals surface area (Å²) in [5.41, 5.74) is 3.54. The van der Waals surface area contributed by atoms with Gasteiger partial charge < -0.3 is 14.7 Å². The van der Waals surface area contributed by atoms with E-state index in [9.17, 15) is 0 Å². The Labute approximate surface area is 143 Å². The lowest BCUT2D eigenvalue weighted by Gasteiger charge is -2.36. The molecule has 128 valence electrons. The predicted octanol–water partition coefficient (Wildman–Crippen LogP) is 1.88. The molecule has 6 heteroatoms. The fraction of sp³-hybridized carbons (Fsp3) is 0.444. The lowest BCUT2D eigenvalue weighted by Crippen LogP contribution is -2.52. The molecule has 0 atom stereocenters. The number of aromatic nitrogens is 1. The van der Waals surface area contributed by atoms with Crippen LogP contribution in [0.4, 0.5) is 0 Å². The fourth-order valence-electron chi connectivity index (χ4n) is 2.89. The number of hydrogen-bond acceptors (Lipinski definition) is 4. The molecular weight excluding hydrogens is 302 g/mol. The van der Waals surface area contributed by atoms with Crippen molar-refractivity contribution in [2.24, 2.45) is 4.99 Å². The smallest absolute Gasteiger partial charge is 0.194 e. The van der Waals surface area contributed by atoms with Gasteiger partial charge in [-0.05, 0) is 12.5 Å². The molecule has 24 heavy (non-hydrogen) atoms. The Morgan fingerprint density at radius 1 is 1.17 bits per heavy atom. The van der Waals surface area contributed by atoms with Gasteiger partial charge in [-0.1, -0.05) is 35.0 Å². The van der Waals surface area contributed by atoms with Gasteiger partial charge in [-0.2, -0.15) is 0 Å². The van der Waals surface area contributed by atoms with Gasteiger partial charge in [0, 0.05) is 52.4 Å². The van der Waals surface area contributed by atoms with Gasteiger partial charge in [0.1, 0.15) is 6.26 Å². The molecule has 1 fully saturated rings. The molecule has 0 saturated carbocycles. The highest BCUT2D eigenvalue weighted by Crippen LogP contribution is 2.08. The van der Waals surface area contributed by atoms with Crippen LogP contribution in [0.3, 0.4) is 0 Å². The molecule has 0 amide bonds. The van der Waals surface area contributed by atoms with E-state index in [1.165, 1.54) is 11.1 Å². The molecule has 2 aromatic rings. The molecule has 0 radical (unpaired) electrons. The number of guanidine groups is 1. The maximum atomic E-state index is 4.90. The van der Waals surface area contributed by atoms with E-state index in [2.05, 4.69) is 56.5 Å². The third-order valence-corrected chi connectivity index (χ3v) is 4.33. The average molecular weight is 327 g/mol. The van der Waals surface area contributed by atoms with Crippen molar-refractivity contribution in [3.05, 3.63) is 53.4 Å². The molecule has 1 N–H and O–H groups in total. The molecule has 0 unspecified atom stereocenters. The number of rotatable bonds is 4. The van der Waals surface area contributed by atoms with Gasteiger partial charge >= 0.3 is 0 Å². The fourth-order valence-corrected chi connectivity index (χ4v) is 2.89. The van der Waals surface area contributed by atoms with Crippen LogP contribution in [0.1, 0.15) is 16.8 Å². The summed E-state index contributed by atoms with van der Waals surface area (Å²) in [5, 5.41) is 7.45. The highest BCUT2D eigenvalue weighted by atomic mass is 16.5. The monoisotopic (exact) mass is 327 g/mol. The predicted molar refractivity (Wildman–Crippen MR) is 94.7 cm³/mol. The number of aliphatic imine (C=N–C) groups is 1. The van der Waals surface area contributed by atoms with Gasteiger partial charge in [0.05, 0.1) is 5.69 Å². The first-order valence-corrected chi connectivity index (χ1v) is 8.37. The topological polar surface area (TPSA) is 56.9 Å². The van der Waals surface area contributed by atoms with Gasteiger partial charge in [0.15, 0.2) is 5.96 Å². The van der Waals surface area contributed by atoms with Crippen LogP contribution in [-0.4, -0.2) is 54.1 Å². The van der Waals surface area contributed by atoms with Crippen molar-refractivity contribution in [2.45, 2.75) is 20.0 Å². The van der Waals surface area contributed by atoms with Crippen LogP contribution >= 0.6 is 0 Å². The normalized spacial score (nSPS) is 16.4. The molecule has 3 rings (SSSR count). The van der Waals surface area contributed by atoms with Crippen molar-refractivity contribution in [1.29, 1.82) is 0 Å². The number of nitrogens with one attached hydrogen (secondary N) is 1. The minimum absolute atomic E-state index is 0.798. The second kappa shape index (κ2) is 7.97. The first kappa shape index (κ1) is 16.5. The van der Waals surface area contributed by atoms with E-state index < -0.39 is 0 Å². The number of benzene rings is 1. The molecule has 0 aliphatic carbocycles. The molecule has 1 aromatic carbocycles. The third-order valence-electron chi connectivity index (χ3n) is 4.33. The maximum Gasteiger partial charge on any atom is 0.194 e. The summed E-state index contributed by atoms with van der Waals surface area (Å²) in [4.78, 5) is 9.13. The summed E-state index contributed by atoms with van der Waals surface area (Å²) < 4.78 is 4.90. The molecule has 1 aliphatic rings. The Morgan fingerprint density at radius 3 is 2.54 bits per heavy atom. The Bertz CT molecular complexity index is 643. The van der Waals surface area contributed by atoms with Crippen molar-refractivity contribution in [2.75, 3.05) is 33.2 Å². The molecule has 0 spiro atoms. The average Bonchev–Trinajstić information content (AvgIpc) is 3.11. The van der Waals surface area contributed by atoms with E-state index in [1.807, 2.05) is 13.1 Å². The number of aryl methyl sites for hydroxylation is 1. The van der Waals surface area contributed by atoms with E-state index in [0.717, 1.165) is 50.9 Å². The van der Waals surface area contributed by atoms with Crippen molar-refractivity contribution >= 4 is 5.96 Å². The standard InChI is InChI=1S/C18H25N5O/c1-15-3-5-16(6-4-15)13-20-18(19-2)23-10-8-22(9-11-23)14-17-7-12-24-21-17/h3-7,12H,8-11,13-14H2,1-2H3,(H,19,20). The zero-order valence-corrected chi connectivity index (χ0v) is 14.4. The highest BCUT2D eigenvalue weighted by molar-refractivity contribution is 5.80. The van der Waals surface area contributed by atoms with Gasteiger partial charge in [-0.15, -0.1) is 0 Å². The molecule has 2 heterocycles. The van der Waals surface area contributed by atoms with Crippen LogP contribution in [0, 0.1) is 6.92 Å². The van der Waals surface area contributed by atoms with E-state index in [-0.39, 0.29) is 0 Å². The van der Waals surface area contributed by atoms with E-state index in [0.29, 0.717) is 0 Å². The van der Waals surface area contributed by atoms with E-state index >= 15 is 0 Å². The molecule has 1 aromatic heterocycles. The van der Waals surface area contributed by atoms with Crippen LogP contribution < -0.4 is 5.32 Å². The highest BCUT2D eigenvalue weighted by Gasteiger charge is 2.20. The van der Waals surface area contributed by atoms with Crippen LogP contribution in [0.25, 0.3) is 0 Å². The summed E-state index contributed by atoms with van der Waals surface area (Å²) in [7, 11) is 1.85. The second-order valence-corrected chi connectivity index (χ2v) is 6.14. The van der Waals surface area contributed by atoms with Gasteiger partial charge in [0.25, 0.3) is 0 Å². The first-order valence-electron chi connectivity index (χ1n) is 8.37. The lowest BCUT2D eigenvalue weighted by molar-refractivity contribution is 0.169. The van der Waals surface area contributed by atoms with Crippen molar-refractivity contribution in [1.82, 2.24) is 20.3 Å². The van der Waals surface area contributed by atoms with Crippen LogP contribution in [-0.2, 0) is 13.1 Å². The summed E-state index contributed by atoms with van der Waals surface area (Å²) in [6, 6.07) is 10.5. The summed E-state index contributed by atoms with van der Waals surface area (Å²) in [6.45, 7) is 7.67. The van der Waals surface area contributed by atoms with Gasteiger partial charge in [-0.3, -0.25) is 9.89 Å². The summed E-state index contributed by atoms with van der Waals surface area (Å²) >= 11 is 0. The Morgan fingerprint density at radius 2 is 1.92 bits per heavy atom. The Hall–Kier alpha value is -2.34. The first-order chi connectivity index (χ1) is 11.7. The third kappa shape index (κ3) is 4.35. The quantitative estimate of drug-likeness (QED) is 0.686.